The molecule has 0 aliphatic carbocycles. The Kier molecular flexibility index (Phi) is 8.77. The van der Waals surface area contributed by atoms with Crippen LogP contribution in [0.25, 0.3) is 11.2 Å². The lowest BCUT2D eigenvalue weighted by Gasteiger charge is -2.17. The largest absolute Gasteiger partial charge is 0.462 e. The third kappa shape index (κ3) is 6.00. The molecule has 0 fully saturated rings. The molecule has 2 heterocycles. The van der Waals surface area contributed by atoms with Crippen molar-refractivity contribution in [2.75, 3.05) is 39.3 Å². The molecular weight excluding hydrogens is 448 g/mol. The fourth-order valence-electron chi connectivity index (χ4n) is 3.44. The van der Waals surface area contributed by atoms with Gasteiger partial charge in [0.05, 0.1) is 13.2 Å². The van der Waals surface area contributed by atoms with Gasteiger partial charge in [-0.1, -0.05) is 25.0 Å². The first-order chi connectivity index (χ1) is 16.3. The molecule has 1 aromatic carbocycles. The molecule has 2 aromatic heterocycles. The molecule has 34 heavy (non-hydrogen) atoms. The van der Waals surface area contributed by atoms with Gasteiger partial charge in [0, 0.05) is 20.1 Å². The second-order valence-corrected chi connectivity index (χ2v) is 7.73. The Hall–Kier alpha value is -3.25. The molecule has 3 rings (SSSR count). The number of hydrogen-bond acceptors (Lipinski definition) is 8. The van der Waals surface area contributed by atoms with Gasteiger partial charge in [-0.05, 0) is 43.8 Å². The van der Waals surface area contributed by atoms with Crippen LogP contribution in [0.4, 0.5) is 8.78 Å². The third-order valence-electron chi connectivity index (χ3n) is 5.48. The standard InChI is InChI=1S/C22H29F2N7O3/c1-4-30(5-2)11-10-25-9-6-12-34-21-26-18-19(27-28-21)31(22(33)29(3)20(18)32)14-15-7-8-16(23)17(24)13-15/h7-8,13,25H,4-6,9-12,14H2,1-3H3. The van der Waals surface area contributed by atoms with Gasteiger partial charge in [-0.3, -0.25) is 13.9 Å². The minimum absolute atomic E-state index is 0.0664. The van der Waals surface area contributed by atoms with E-state index in [1.807, 2.05) is 0 Å². The summed E-state index contributed by atoms with van der Waals surface area (Å²) in [5, 5.41) is 11.2. The van der Waals surface area contributed by atoms with Gasteiger partial charge in [-0.25, -0.2) is 13.6 Å². The first-order valence-electron chi connectivity index (χ1n) is 11.2. The van der Waals surface area contributed by atoms with Crippen molar-refractivity contribution in [1.82, 2.24) is 34.5 Å². The lowest BCUT2D eigenvalue weighted by molar-refractivity contribution is 0.275. The Balaban J connectivity index is 1.69. The van der Waals surface area contributed by atoms with E-state index < -0.39 is 22.9 Å². The normalized spacial score (nSPS) is 11.5. The molecule has 0 spiro atoms. The molecule has 0 atom stereocenters. The van der Waals surface area contributed by atoms with E-state index in [1.54, 1.807) is 0 Å². The van der Waals surface area contributed by atoms with Crippen LogP contribution in [0, 0.1) is 11.6 Å². The Morgan fingerprint density at radius 2 is 1.85 bits per heavy atom. The first kappa shape index (κ1) is 25.4. The number of benzene rings is 1. The number of ether oxygens (including phenoxy) is 1. The Labute approximate surface area is 195 Å². The Bertz CT molecular complexity index is 1240. The van der Waals surface area contributed by atoms with Gasteiger partial charge in [-0.2, -0.15) is 4.98 Å². The summed E-state index contributed by atoms with van der Waals surface area (Å²) in [6.45, 7) is 9.06. The minimum atomic E-state index is -1.04. The zero-order valence-electron chi connectivity index (χ0n) is 19.6. The summed E-state index contributed by atoms with van der Waals surface area (Å²) in [6.07, 6.45) is 0.702. The second-order valence-electron chi connectivity index (χ2n) is 7.73. The molecule has 184 valence electrons. The highest BCUT2D eigenvalue weighted by Gasteiger charge is 2.16. The van der Waals surface area contributed by atoms with E-state index >= 15 is 0 Å². The van der Waals surface area contributed by atoms with Crippen molar-refractivity contribution in [3.63, 3.8) is 0 Å². The first-order valence-corrected chi connectivity index (χ1v) is 11.2. The zero-order chi connectivity index (χ0) is 24.7. The van der Waals surface area contributed by atoms with E-state index in [9.17, 15) is 18.4 Å². The second kappa shape index (κ2) is 11.7. The van der Waals surface area contributed by atoms with E-state index in [2.05, 4.69) is 39.2 Å². The highest BCUT2D eigenvalue weighted by atomic mass is 19.2. The van der Waals surface area contributed by atoms with Crippen LogP contribution >= 0.6 is 0 Å². The van der Waals surface area contributed by atoms with Crippen LogP contribution in [0.15, 0.2) is 27.8 Å². The van der Waals surface area contributed by atoms with E-state index in [1.165, 1.54) is 13.1 Å². The summed E-state index contributed by atoms with van der Waals surface area (Å²) in [4.78, 5) is 31.7. The van der Waals surface area contributed by atoms with Crippen LogP contribution < -0.4 is 21.3 Å². The molecule has 0 bridgehead atoms. The van der Waals surface area contributed by atoms with Crippen LogP contribution in [-0.2, 0) is 13.6 Å². The van der Waals surface area contributed by atoms with E-state index in [0.717, 1.165) is 54.0 Å². The lowest BCUT2D eigenvalue weighted by atomic mass is 10.2. The predicted molar refractivity (Wildman–Crippen MR) is 123 cm³/mol. The smallest absolute Gasteiger partial charge is 0.336 e. The number of nitrogens with one attached hydrogen (secondary N) is 1. The van der Waals surface area contributed by atoms with Crippen molar-refractivity contribution < 1.29 is 13.5 Å². The average molecular weight is 478 g/mol. The molecule has 0 aliphatic rings. The molecule has 12 heteroatoms. The molecule has 0 amide bonds. The fourth-order valence-corrected chi connectivity index (χ4v) is 3.44. The van der Waals surface area contributed by atoms with Gasteiger partial charge in [0.2, 0.25) is 0 Å². The number of rotatable bonds is 12. The molecule has 0 aliphatic heterocycles. The van der Waals surface area contributed by atoms with Crippen LogP contribution in [0.2, 0.25) is 0 Å². The van der Waals surface area contributed by atoms with Gasteiger partial charge < -0.3 is 15.0 Å². The van der Waals surface area contributed by atoms with Gasteiger partial charge in [0.1, 0.15) is 0 Å². The van der Waals surface area contributed by atoms with Crippen molar-refractivity contribution in [1.29, 1.82) is 0 Å². The number of fused-ring (bicyclic) bond motifs is 1. The summed E-state index contributed by atoms with van der Waals surface area (Å²) in [5.74, 6) is -2.04. The highest BCUT2D eigenvalue weighted by Crippen LogP contribution is 2.12. The van der Waals surface area contributed by atoms with Crippen molar-refractivity contribution in [3.8, 4) is 6.01 Å². The third-order valence-corrected chi connectivity index (χ3v) is 5.48. The summed E-state index contributed by atoms with van der Waals surface area (Å²) >= 11 is 0. The number of likely N-dealkylation sites (N-methyl/N-ethyl adjacent to an activating group) is 1. The highest BCUT2D eigenvalue weighted by molar-refractivity contribution is 5.68. The summed E-state index contributed by atoms with van der Waals surface area (Å²) in [6, 6.07) is 3.21. The number of halogens is 2. The van der Waals surface area contributed by atoms with Crippen LogP contribution in [-0.4, -0.2) is 68.5 Å². The Morgan fingerprint density at radius 1 is 1.09 bits per heavy atom. The van der Waals surface area contributed by atoms with Crippen molar-refractivity contribution in [3.05, 3.63) is 56.2 Å². The Morgan fingerprint density at radius 3 is 2.56 bits per heavy atom. The average Bonchev–Trinajstić information content (AvgIpc) is 2.84. The molecule has 1 N–H and O–H groups in total. The molecule has 0 radical (unpaired) electrons. The van der Waals surface area contributed by atoms with Crippen molar-refractivity contribution in [2.24, 2.45) is 7.05 Å². The van der Waals surface area contributed by atoms with E-state index in [4.69, 9.17) is 4.74 Å². The van der Waals surface area contributed by atoms with Gasteiger partial charge in [0.25, 0.3) is 5.56 Å². The quantitative estimate of drug-likeness (QED) is 0.384. The summed E-state index contributed by atoms with van der Waals surface area (Å²) in [7, 11) is 1.30. The van der Waals surface area contributed by atoms with Crippen LogP contribution in [0.1, 0.15) is 25.8 Å². The topological polar surface area (TPSA) is 107 Å². The lowest BCUT2D eigenvalue weighted by Crippen LogP contribution is -2.39. The van der Waals surface area contributed by atoms with Crippen LogP contribution in [0.5, 0.6) is 6.01 Å². The molecule has 10 nitrogen and oxygen atoms in total. The van der Waals surface area contributed by atoms with Gasteiger partial charge in [-0.15, -0.1) is 5.10 Å². The van der Waals surface area contributed by atoms with Gasteiger partial charge in [0.15, 0.2) is 22.8 Å². The van der Waals surface area contributed by atoms with Crippen LogP contribution in [0.3, 0.4) is 0 Å². The van der Waals surface area contributed by atoms with E-state index in [0.29, 0.717) is 18.6 Å². The predicted octanol–water partition coefficient (Wildman–Crippen LogP) is 0.912. The number of aromatic nitrogens is 5. The molecule has 3 aromatic rings. The maximum atomic E-state index is 13.6. The molecule has 0 saturated carbocycles. The van der Waals surface area contributed by atoms with E-state index in [-0.39, 0.29) is 23.7 Å². The number of hydrogen-bond donors (Lipinski definition) is 1. The minimum Gasteiger partial charge on any atom is -0.462 e. The fraction of sp³-hybridized carbons (Fsp3) is 0.500. The maximum absolute atomic E-state index is 13.6. The molecule has 0 saturated heterocycles. The van der Waals surface area contributed by atoms with Gasteiger partial charge >= 0.3 is 11.7 Å². The van der Waals surface area contributed by atoms with Crippen molar-refractivity contribution >= 4 is 11.2 Å². The number of nitrogens with zero attached hydrogens (tertiary/aromatic N) is 6. The monoisotopic (exact) mass is 477 g/mol. The summed E-state index contributed by atoms with van der Waals surface area (Å²) in [5.41, 5.74) is -1.19. The molecule has 0 unspecified atom stereocenters. The maximum Gasteiger partial charge on any atom is 0.336 e. The molecular formula is C22H29F2N7O3. The van der Waals surface area contributed by atoms with Crippen molar-refractivity contribution in [2.45, 2.75) is 26.8 Å². The SMILES string of the molecule is CCN(CC)CCNCCCOc1nnc2c(n1)c(=O)n(C)c(=O)n2Cc1ccc(F)c(F)c1. The zero-order valence-corrected chi connectivity index (χ0v) is 19.6. The summed E-state index contributed by atoms with van der Waals surface area (Å²) < 4.78 is 34.4.